The lowest BCUT2D eigenvalue weighted by Gasteiger charge is -2.20. The summed E-state index contributed by atoms with van der Waals surface area (Å²) in [7, 11) is -3.07. The molecule has 0 bridgehead atoms. The Balaban J connectivity index is 1.20. The van der Waals surface area contributed by atoms with Crippen molar-refractivity contribution in [3.63, 3.8) is 0 Å². The van der Waals surface area contributed by atoms with E-state index in [4.69, 9.17) is 0 Å². The van der Waals surface area contributed by atoms with Crippen LogP contribution < -0.4 is 15.9 Å². The van der Waals surface area contributed by atoms with E-state index in [9.17, 15) is 0 Å². The van der Waals surface area contributed by atoms with Gasteiger partial charge in [0.2, 0.25) is 0 Å². The highest BCUT2D eigenvalue weighted by Crippen LogP contribution is 2.58. The van der Waals surface area contributed by atoms with E-state index in [1.807, 2.05) is 60.7 Å². The second kappa shape index (κ2) is 12.2. The average molecular weight is 681 g/mol. The summed E-state index contributed by atoms with van der Waals surface area (Å²) in [5.74, 6) is 0. The molecule has 1 aliphatic carbocycles. The minimum Gasteiger partial charge on any atom is -0.309 e. The maximum absolute atomic E-state index is 15.1. The highest BCUT2D eigenvalue weighted by Gasteiger charge is 2.32. The van der Waals surface area contributed by atoms with Crippen molar-refractivity contribution in [2.45, 2.75) is 0 Å². The van der Waals surface area contributed by atoms with Gasteiger partial charge in [-0.2, -0.15) is 0 Å². The van der Waals surface area contributed by atoms with Gasteiger partial charge in [0.25, 0.3) is 0 Å². The van der Waals surface area contributed by atoms with Crippen molar-refractivity contribution in [1.29, 1.82) is 0 Å². The molecular formula is C50H33OP. The Morgan fingerprint density at radius 2 is 0.673 bits per heavy atom. The summed E-state index contributed by atoms with van der Waals surface area (Å²) in [5, 5.41) is 7.53. The minimum atomic E-state index is -3.07. The Kier molecular flexibility index (Phi) is 7.17. The molecule has 0 amide bonds. The zero-order chi connectivity index (χ0) is 34.6. The largest absolute Gasteiger partial charge is 0.309 e. The van der Waals surface area contributed by atoms with E-state index in [1.54, 1.807) is 0 Å². The Bertz CT molecular complexity index is 2690. The quantitative estimate of drug-likeness (QED) is 0.160. The van der Waals surface area contributed by atoms with Crippen molar-refractivity contribution in [2.24, 2.45) is 0 Å². The van der Waals surface area contributed by atoms with Crippen LogP contribution in [0.25, 0.3) is 77.2 Å². The lowest BCUT2D eigenvalue weighted by Crippen LogP contribution is -2.24. The fraction of sp³-hybridized carbons (Fsp3) is 0. The highest BCUT2D eigenvalue weighted by atomic mass is 31.2. The molecule has 2 heteroatoms. The molecule has 0 radical (unpaired) electrons. The standard InChI is InChI=1S/C50H33OP/c51-52(37-20-9-3-10-21-37,38-22-11-4-12-23-38)39-30-28-34(29-31-39)40-32-33-45-48-41(40)26-15-27-44(48)49-46(35-16-5-1-6-17-35)42-24-13-14-25-43(42)47(50(45)49)36-18-7-2-8-19-36/h1-33H. The molecule has 0 N–H and O–H groups in total. The first-order valence-corrected chi connectivity index (χ1v) is 19.5. The Morgan fingerprint density at radius 1 is 0.269 bits per heavy atom. The van der Waals surface area contributed by atoms with Crippen LogP contribution in [-0.2, 0) is 4.57 Å². The second-order valence-corrected chi connectivity index (χ2v) is 16.3. The van der Waals surface area contributed by atoms with Crippen molar-refractivity contribution in [3.05, 3.63) is 200 Å². The molecule has 0 atom stereocenters. The van der Waals surface area contributed by atoms with Crippen LogP contribution in [0.5, 0.6) is 0 Å². The smallest absolute Gasteiger partial charge is 0.171 e. The van der Waals surface area contributed by atoms with Gasteiger partial charge < -0.3 is 4.57 Å². The molecule has 0 fully saturated rings. The molecule has 0 spiro atoms. The average Bonchev–Trinajstić information content (AvgIpc) is 3.56. The van der Waals surface area contributed by atoms with Gasteiger partial charge >= 0.3 is 0 Å². The summed E-state index contributed by atoms with van der Waals surface area (Å²) in [6.07, 6.45) is 0. The second-order valence-electron chi connectivity index (χ2n) is 13.5. The van der Waals surface area contributed by atoms with Crippen LogP contribution in [0.2, 0.25) is 0 Å². The maximum Gasteiger partial charge on any atom is 0.171 e. The Labute approximate surface area is 303 Å². The first kappa shape index (κ1) is 30.5. The van der Waals surface area contributed by atoms with E-state index < -0.39 is 7.14 Å². The lowest BCUT2D eigenvalue weighted by molar-refractivity contribution is 0.592. The van der Waals surface area contributed by atoms with Gasteiger partial charge in [0.05, 0.1) is 0 Å². The number of hydrogen-bond acceptors (Lipinski definition) is 1. The van der Waals surface area contributed by atoms with Crippen LogP contribution in [0.15, 0.2) is 200 Å². The van der Waals surface area contributed by atoms with Crippen molar-refractivity contribution in [1.82, 2.24) is 0 Å². The predicted molar refractivity (Wildman–Crippen MR) is 222 cm³/mol. The van der Waals surface area contributed by atoms with Crippen LogP contribution >= 0.6 is 7.14 Å². The first-order valence-electron chi connectivity index (χ1n) is 17.8. The summed E-state index contributed by atoms with van der Waals surface area (Å²) >= 11 is 0. The van der Waals surface area contributed by atoms with Crippen molar-refractivity contribution in [2.75, 3.05) is 0 Å². The summed E-state index contributed by atoms with van der Waals surface area (Å²) in [6, 6.07) is 70.2. The Hall–Kier alpha value is -6.27. The highest BCUT2D eigenvalue weighted by molar-refractivity contribution is 7.85. The number of rotatable bonds is 6. The molecule has 0 heterocycles. The van der Waals surface area contributed by atoms with Gasteiger partial charge in [-0.1, -0.05) is 200 Å². The molecular weight excluding hydrogens is 648 g/mol. The van der Waals surface area contributed by atoms with E-state index in [2.05, 4.69) is 140 Å². The van der Waals surface area contributed by atoms with E-state index in [1.165, 1.54) is 71.6 Å². The summed E-state index contributed by atoms with van der Waals surface area (Å²) in [6.45, 7) is 0. The first-order chi connectivity index (χ1) is 25.7. The van der Waals surface area contributed by atoms with Crippen LogP contribution in [0, 0.1) is 0 Å². The number of fused-ring (bicyclic) bond motifs is 4. The summed E-state index contributed by atoms with van der Waals surface area (Å²) in [5.41, 5.74) is 12.4. The lowest BCUT2D eigenvalue weighted by atomic mass is 9.82. The van der Waals surface area contributed by atoms with Gasteiger partial charge in [-0.05, 0) is 77.2 Å². The molecule has 9 aromatic carbocycles. The number of benzene rings is 9. The molecule has 244 valence electrons. The van der Waals surface area contributed by atoms with Gasteiger partial charge in [-0.25, -0.2) is 0 Å². The maximum atomic E-state index is 15.1. The van der Waals surface area contributed by atoms with Crippen LogP contribution in [0.4, 0.5) is 0 Å². The summed E-state index contributed by atoms with van der Waals surface area (Å²) in [4.78, 5) is 0. The normalized spacial score (nSPS) is 11.9. The summed E-state index contributed by atoms with van der Waals surface area (Å²) < 4.78 is 15.1. The number of hydrogen-bond donors (Lipinski definition) is 0. The van der Waals surface area contributed by atoms with Gasteiger partial charge in [0.1, 0.15) is 0 Å². The molecule has 0 saturated heterocycles. The molecule has 52 heavy (non-hydrogen) atoms. The molecule has 0 aliphatic heterocycles. The van der Waals surface area contributed by atoms with Crippen LogP contribution in [0.1, 0.15) is 0 Å². The monoisotopic (exact) mass is 680 g/mol. The molecule has 10 rings (SSSR count). The van der Waals surface area contributed by atoms with Gasteiger partial charge in [-0.3, -0.25) is 0 Å². The van der Waals surface area contributed by atoms with Crippen LogP contribution in [0.3, 0.4) is 0 Å². The fourth-order valence-electron chi connectivity index (χ4n) is 8.44. The predicted octanol–water partition coefficient (Wildman–Crippen LogP) is 12.3. The van der Waals surface area contributed by atoms with Gasteiger partial charge in [-0.15, -0.1) is 0 Å². The third-order valence-corrected chi connectivity index (χ3v) is 13.8. The minimum absolute atomic E-state index is 0.832. The third kappa shape index (κ3) is 4.60. The zero-order valence-corrected chi connectivity index (χ0v) is 29.3. The van der Waals surface area contributed by atoms with Crippen molar-refractivity contribution >= 4 is 44.6 Å². The molecule has 1 nitrogen and oxygen atoms in total. The van der Waals surface area contributed by atoms with Crippen molar-refractivity contribution < 1.29 is 4.57 Å². The van der Waals surface area contributed by atoms with Gasteiger partial charge in [0.15, 0.2) is 7.14 Å². The van der Waals surface area contributed by atoms with E-state index in [-0.39, 0.29) is 0 Å². The molecule has 0 unspecified atom stereocenters. The molecule has 0 aromatic heterocycles. The molecule has 0 saturated carbocycles. The van der Waals surface area contributed by atoms with Crippen molar-refractivity contribution in [3.8, 4) is 55.6 Å². The Morgan fingerprint density at radius 3 is 1.19 bits per heavy atom. The fourth-order valence-corrected chi connectivity index (χ4v) is 11.1. The molecule has 1 aliphatic rings. The van der Waals surface area contributed by atoms with Gasteiger partial charge in [0, 0.05) is 15.9 Å². The SMILES string of the molecule is O=P(c1ccccc1)(c1ccccc1)c1ccc(-c2ccc3c4c(cccc24)-c2c-3c(-c3ccccc3)c3ccccc3c2-c2ccccc2)cc1. The third-order valence-electron chi connectivity index (χ3n) is 10.7. The van der Waals surface area contributed by atoms with E-state index >= 15 is 4.57 Å². The molecule has 9 aromatic rings. The zero-order valence-electron chi connectivity index (χ0n) is 28.4. The van der Waals surface area contributed by atoms with E-state index in [0.717, 1.165) is 21.5 Å². The topological polar surface area (TPSA) is 17.1 Å². The van der Waals surface area contributed by atoms with E-state index in [0.29, 0.717) is 0 Å². The van der Waals surface area contributed by atoms with Crippen LogP contribution in [-0.4, -0.2) is 0 Å².